The van der Waals surface area contributed by atoms with Crippen molar-refractivity contribution < 1.29 is 9.63 Å². The number of rotatable bonds is 3. The molecule has 0 saturated heterocycles. The first kappa shape index (κ1) is 13.4. The largest absolute Gasteiger partial charge is 0.382 e. The molecule has 0 aliphatic carbocycles. The SMILES string of the molecule is Cc1ccc(NC(=O)[C@@H]2CC(c3ccccc3)=NO2)cc1. The molecule has 0 spiro atoms. The Morgan fingerprint density at radius 1 is 1.14 bits per heavy atom. The monoisotopic (exact) mass is 280 g/mol. The van der Waals surface area contributed by atoms with E-state index in [4.69, 9.17) is 4.84 Å². The lowest BCUT2D eigenvalue weighted by Gasteiger charge is -2.09. The molecule has 2 aromatic carbocycles. The Morgan fingerprint density at radius 3 is 2.57 bits per heavy atom. The Kier molecular flexibility index (Phi) is 3.69. The average molecular weight is 280 g/mol. The number of oxime groups is 1. The van der Waals surface area contributed by atoms with Crippen molar-refractivity contribution in [2.75, 3.05) is 5.32 Å². The molecular formula is C17H16N2O2. The molecule has 0 saturated carbocycles. The van der Waals surface area contributed by atoms with E-state index in [0.29, 0.717) is 6.42 Å². The van der Waals surface area contributed by atoms with Crippen molar-refractivity contribution >= 4 is 17.3 Å². The molecule has 0 radical (unpaired) electrons. The topological polar surface area (TPSA) is 50.7 Å². The molecule has 106 valence electrons. The van der Waals surface area contributed by atoms with Crippen molar-refractivity contribution in [1.82, 2.24) is 0 Å². The maximum absolute atomic E-state index is 12.2. The summed E-state index contributed by atoms with van der Waals surface area (Å²) in [5, 5.41) is 6.87. The van der Waals surface area contributed by atoms with Crippen LogP contribution >= 0.6 is 0 Å². The Bertz CT molecular complexity index is 663. The lowest BCUT2D eigenvalue weighted by molar-refractivity contribution is -0.125. The number of hydrogen-bond acceptors (Lipinski definition) is 3. The van der Waals surface area contributed by atoms with Crippen LogP contribution in [0.25, 0.3) is 0 Å². The van der Waals surface area contributed by atoms with Gasteiger partial charge in [-0.25, -0.2) is 0 Å². The normalized spacial score (nSPS) is 17.0. The van der Waals surface area contributed by atoms with Crippen LogP contribution in [-0.4, -0.2) is 17.7 Å². The molecule has 1 heterocycles. The highest BCUT2D eigenvalue weighted by molar-refractivity contribution is 6.06. The van der Waals surface area contributed by atoms with E-state index in [9.17, 15) is 4.79 Å². The van der Waals surface area contributed by atoms with Gasteiger partial charge in [0.1, 0.15) is 0 Å². The number of nitrogens with zero attached hydrogens (tertiary/aromatic N) is 1. The minimum atomic E-state index is -0.568. The molecule has 0 fully saturated rings. The maximum Gasteiger partial charge on any atom is 0.268 e. The van der Waals surface area contributed by atoms with Gasteiger partial charge < -0.3 is 10.2 Å². The number of carbonyl (C=O) groups is 1. The van der Waals surface area contributed by atoms with Crippen molar-refractivity contribution in [3.05, 3.63) is 65.7 Å². The zero-order chi connectivity index (χ0) is 14.7. The fourth-order valence-electron chi connectivity index (χ4n) is 2.18. The first-order valence-electron chi connectivity index (χ1n) is 6.88. The molecule has 2 aromatic rings. The smallest absolute Gasteiger partial charge is 0.268 e. The number of aryl methyl sites for hydroxylation is 1. The van der Waals surface area contributed by atoms with Gasteiger partial charge in [0.25, 0.3) is 5.91 Å². The first-order chi connectivity index (χ1) is 10.2. The Morgan fingerprint density at radius 2 is 1.86 bits per heavy atom. The predicted octanol–water partition coefficient (Wildman–Crippen LogP) is 3.13. The van der Waals surface area contributed by atoms with Crippen LogP contribution in [0.4, 0.5) is 5.69 Å². The summed E-state index contributed by atoms with van der Waals surface area (Å²) in [6, 6.07) is 17.4. The van der Waals surface area contributed by atoms with Gasteiger partial charge in [-0.1, -0.05) is 53.2 Å². The zero-order valence-corrected chi connectivity index (χ0v) is 11.7. The number of anilines is 1. The van der Waals surface area contributed by atoms with E-state index >= 15 is 0 Å². The number of amides is 1. The van der Waals surface area contributed by atoms with E-state index in [1.807, 2.05) is 61.5 Å². The highest BCUT2D eigenvalue weighted by Gasteiger charge is 2.28. The molecule has 0 aromatic heterocycles. The summed E-state index contributed by atoms with van der Waals surface area (Å²) in [6.45, 7) is 2.01. The van der Waals surface area contributed by atoms with Gasteiger partial charge >= 0.3 is 0 Å². The number of hydrogen-bond donors (Lipinski definition) is 1. The van der Waals surface area contributed by atoms with Crippen molar-refractivity contribution in [3.8, 4) is 0 Å². The van der Waals surface area contributed by atoms with E-state index in [1.165, 1.54) is 0 Å². The second kappa shape index (κ2) is 5.79. The van der Waals surface area contributed by atoms with Crippen LogP contribution in [0.1, 0.15) is 17.5 Å². The molecule has 1 atom stereocenters. The summed E-state index contributed by atoms with van der Waals surface area (Å²) < 4.78 is 0. The van der Waals surface area contributed by atoms with Crippen LogP contribution < -0.4 is 5.32 Å². The van der Waals surface area contributed by atoms with Crippen LogP contribution in [0.2, 0.25) is 0 Å². The van der Waals surface area contributed by atoms with E-state index in [1.54, 1.807) is 0 Å². The fraction of sp³-hybridized carbons (Fsp3) is 0.176. The highest BCUT2D eigenvalue weighted by Crippen LogP contribution is 2.18. The zero-order valence-electron chi connectivity index (χ0n) is 11.7. The molecule has 4 heteroatoms. The number of benzene rings is 2. The predicted molar refractivity (Wildman–Crippen MR) is 82.3 cm³/mol. The van der Waals surface area contributed by atoms with Gasteiger partial charge in [0, 0.05) is 12.1 Å². The quantitative estimate of drug-likeness (QED) is 0.939. The van der Waals surface area contributed by atoms with Crippen LogP contribution in [0, 0.1) is 6.92 Å². The maximum atomic E-state index is 12.2. The van der Waals surface area contributed by atoms with E-state index in [2.05, 4.69) is 10.5 Å². The molecule has 1 amide bonds. The fourth-order valence-corrected chi connectivity index (χ4v) is 2.18. The van der Waals surface area contributed by atoms with Gasteiger partial charge in [0.05, 0.1) is 5.71 Å². The second-order valence-corrected chi connectivity index (χ2v) is 5.06. The molecule has 3 rings (SSSR count). The Labute approximate surface area is 123 Å². The number of nitrogens with one attached hydrogen (secondary N) is 1. The minimum absolute atomic E-state index is 0.173. The van der Waals surface area contributed by atoms with Gasteiger partial charge in [0.15, 0.2) is 0 Å². The molecule has 1 aliphatic rings. The van der Waals surface area contributed by atoms with E-state index < -0.39 is 6.10 Å². The van der Waals surface area contributed by atoms with Gasteiger partial charge in [-0.15, -0.1) is 0 Å². The highest BCUT2D eigenvalue weighted by atomic mass is 16.6. The summed E-state index contributed by atoms with van der Waals surface area (Å²) in [5.41, 5.74) is 3.71. The lowest BCUT2D eigenvalue weighted by atomic mass is 10.0. The molecule has 1 aliphatic heterocycles. The summed E-state index contributed by atoms with van der Waals surface area (Å²) in [4.78, 5) is 17.4. The molecule has 0 unspecified atom stereocenters. The Hall–Kier alpha value is -2.62. The summed E-state index contributed by atoms with van der Waals surface area (Å²) in [6.07, 6.45) is -0.0802. The second-order valence-electron chi connectivity index (χ2n) is 5.06. The number of carbonyl (C=O) groups excluding carboxylic acids is 1. The minimum Gasteiger partial charge on any atom is -0.382 e. The van der Waals surface area contributed by atoms with Gasteiger partial charge in [0.2, 0.25) is 6.10 Å². The molecular weight excluding hydrogens is 264 g/mol. The van der Waals surface area contributed by atoms with Crippen molar-refractivity contribution in [2.24, 2.45) is 5.16 Å². The lowest BCUT2D eigenvalue weighted by Crippen LogP contribution is -2.28. The third-order valence-electron chi connectivity index (χ3n) is 3.39. The Balaban J connectivity index is 1.62. The van der Waals surface area contributed by atoms with Crippen LogP contribution in [0.3, 0.4) is 0 Å². The van der Waals surface area contributed by atoms with Crippen LogP contribution in [-0.2, 0) is 9.63 Å². The molecule has 1 N–H and O–H groups in total. The van der Waals surface area contributed by atoms with Crippen molar-refractivity contribution in [3.63, 3.8) is 0 Å². The summed E-state index contributed by atoms with van der Waals surface area (Å²) in [5.74, 6) is -0.173. The standard InChI is InChI=1S/C17H16N2O2/c1-12-7-9-14(10-8-12)18-17(20)16-11-15(19-21-16)13-5-3-2-4-6-13/h2-10,16H,11H2,1H3,(H,18,20)/t16-/m0/s1. The van der Waals surface area contributed by atoms with E-state index in [0.717, 1.165) is 22.5 Å². The first-order valence-corrected chi connectivity index (χ1v) is 6.88. The molecule has 4 nitrogen and oxygen atoms in total. The van der Waals surface area contributed by atoms with Gasteiger partial charge in [-0.2, -0.15) is 0 Å². The summed E-state index contributed by atoms with van der Waals surface area (Å²) >= 11 is 0. The molecule has 21 heavy (non-hydrogen) atoms. The van der Waals surface area contributed by atoms with Gasteiger partial charge in [-0.05, 0) is 24.6 Å². The third kappa shape index (κ3) is 3.11. The summed E-state index contributed by atoms with van der Waals surface area (Å²) in [7, 11) is 0. The average Bonchev–Trinajstić information content (AvgIpc) is 3.00. The van der Waals surface area contributed by atoms with Crippen molar-refractivity contribution in [1.29, 1.82) is 0 Å². The van der Waals surface area contributed by atoms with Crippen molar-refractivity contribution in [2.45, 2.75) is 19.4 Å². The van der Waals surface area contributed by atoms with Crippen LogP contribution in [0.15, 0.2) is 59.8 Å². The molecule has 0 bridgehead atoms. The van der Waals surface area contributed by atoms with E-state index in [-0.39, 0.29) is 5.91 Å². The third-order valence-corrected chi connectivity index (χ3v) is 3.39. The van der Waals surface area contributed by atoms with Gasteiger partial charge in [-0.3, -0.25) is 4.79 Å². The van der Waals surface area contributed by atoms with Crippen LogP contribution in [0.5, 0.6) is 0 Å².